The van der Waals surface area contributed by atoms with Gasteiger partial charge >= 0.3 is 11.9 Å². The molecule has 0 saturated heterocycles. The van der Waals surface area contributed by atoms with Crippen molar-refractivity contribution in [2.75, 3.05) is 14.2 Å². The number of hydrogen-bond donors (Lipinski definition) is 0. The summed E-state index contributed by atoms with van der Waals surface area (Å²) >= 11 is 0. The highest BCUT2D eigenvalue weighted by Crippen LogP contribution is 2.77. The van der Waals surface area contributed by atoms with Crippen LogP contribution in [0.1, 0.15) is 58.8 Å². The summed E-state index contributed by atoms with van der Waals surface area (Å²) in [5, 5.41) is 0. The van der Waals surface area contributed by atoms with Gasteiger partial charge in [0.05, 0.1) is 25.6 Å². The van der Waals surface area contributed by atoms with E-state index in [0.717, 1.165) is 38.5 Å². The number of methoxy groups -OCH3 is 2. The molecule has 4 fully saturated rings. The van der Waals surface area contributed by atoms with E-state index in [1.54, 1.807) is 0 Å². The highest BCUT2D eigenvalue weighted by atomic mass is 16.5. The van der Waals surface area contributed by atoms with E-state index in [1.807, 2.05) is 6.92 Å². The fourth-order valence-electron chi connectivity index (χ4n) is 8.22. The zero-order valence-corrected chi connectivity index (χ0v) is 16.6. The van der Waals surface area contributed by atoms with Crippen LogP contribution in [-0.2, 0) is 19.1 Å². The van der Waals surface area contributed by atoms with Crippen LogP contribution in [0, 0.1) is 39.9 Å². The van der Waals surface area contributed by atoms with Crippen molar-refractivity contribution in [1.29, 1.82) is 0 Å². The van der Waals surface area contributed by atoms with Crippen LogP contribution in [0.5, 0.6) is 0 Å². The number of carbonyl (C=O) groups excluding carboxylic acids is 2. The molecule has 0 aromatic heterocycles. The minimum atomic E-state index is -0.619. The zero-order chi connectivity index (χ0) is 18.9. The lowest BCUT2D eigenvalue weighted by atomic mass is 9.53. The monoisotopic (exact) mass is 360 g/mol. The van der Waals surface area contributed by atoms with E-state index in [-0.39, 0.29) is 34.6 Å². The molecule has 4 heteroatoms. The van der Waals surface area contributed by atoms with Crippen molar-refractivity contribution in [2.24, 2.45) is 39.9 Å². The second-order valence-corrected chi connectivity index (χ2v) is 9.85. The molecule has 4 saturated carbocycles. The molecule has 7 atom stereocenters. The molecule has 0 aliphatic heterocycles. The van der Waals surface area contributed by atoms with Crippen LogP contribution >= 0.6 is 0 Å². The largest absolute Gasteiger partial charge is 0.469 e. The molecular formula is C22H32O4. The molecule has 0 aromatic carbocycles. The van der Waals surface area contributed by atoms with Crippen LogP contribution in [0.2, 0.25) is 0 Å². The summed E-state index contributed by atoms with van der Waals surface area (Å²) < 4.78 is 10.6. The Morgan fingerprint density at radius 2 is 1.85 bits per heavy atom. The summed E-state index contributed by atoms with van der Waals surface area (Å²) in [6.07, 6.45) is 7.17. The third-order valence-electron chi connectivity index (χ3n) is 8.92. The molecule has 0 aromatic rings. The van der Waals surface area contributed by atoms with Crippen LogP contribution in [0.25, 0.3) is 0 Å². The van der Waals surface area contributed by atoms with Crippen molar-refractivity contribution in [3.8, 4) is 0 Å². The highest BCUT2D eigenvalue weighted by molar-refractivity contribution is 5.81. The molecular weight excluding hydrogens is 328 g/mol. The average Bonchev–Trinajstić information content (AvgIpc) is 3.00. The third-order valence-corrected chi connectivity index (χ3v) is 8.92. The van der Waals surface area contributed by atoms with Gasteiger partial charge in [-0.25, -0.2) is 0 Å². The molecule has 2 bridgehead atoms. The van der Waals surface area contributed by atoms with Gasteiger partial charge in [0.1, 0.15) is 0 Å². The predicted molar refractivity (Wildman–Crippen MR) is 98.1 cm³/mol. The lowest BCUT2D eigenvalue weighted by molar-refractivity contribution is -0.170. The van der Waals surface area contributed by atoms with E-state index in [9.17, 15) is 9.59 Å². The minimum Gasteiger partial charge on any atom is -0.469 e. The van der Waals surface area contributed by atoms with Crippen LogP contribution in [-0.4, -0.2) is 26.2 Å². The Balaban J connectivity index is 1.91. The topological polar surface area (TPSA) is 52.6 Å². The molecule has 4 nitrogen and oxygen atoms in total. The van der Waals surface area contributed by atoms with Gasteiger partial charge in [0, 0.05) is 0 Å². The summed E-state index contributed by atoms with van der Waals surface area (Å²) in [6.45, 7) is 8.73. The normalized spacial score (nSPS) is 49.3. The maximum Gasteiger partial charge on any atom is 0.311 e. The standard InChI is InChI=1S/C22H32O4/c1-13-11-22-12-14(13)7-8-15(22)20(2)9-6-10-21(3,19(24)26-5)17(20)16(22)18(23)25-4/h14-17H,1,6-12H2,2-5H3/t14-,15+,16-,17+,20+,21+,22+/m1/s1. The fourth-order valence-corrected chi connectivity index (χ4v) is 8.22. The van der Waals surface area contributed by atoms with Gasteiger partial charge in [-0.1, -0.05) is 25.5 Å². The van der Waals surface area contributed by atoms with E-state index in [4.69, 9.17) is 9.47 Å². The quantitative estimate of drug-likeness (QED) is 0.549. The molecule has 0 N–H and O–H groups in total. The zero-order valence-electron chi connectivity index (χ0n) is 16.6. The summed E-state index contributed by atoms with van der Waals surface area (Å²) in [5.74, 6) is 0.463. The van der Waals surface area contributed by atoms with Gasteiger partial charge in [-0.2, -0.15) is 0 Å². The maximum absolute atomic E-state index is 13.2. The third kappa shape index (κ3) is 1.96. The first-order chi connectivity index (χ1) is 12.2. The van der Waals surface area contributed by atoms with Gasteiger partial charge in [0.25, 0.3) is 0 Å². The second kappa shape index (κ2) is 5.59. The maximum atomic E-state index is 13.2. The van der Waals surface area contributed by atoms with Gasteiger partial charge < -0.3 is 9.47 Å². The summed E-state index contributed by atoms with van der Waals surface area (Å²) in [5.41, 5.74) is 0.594. The number of carbonyl (C=O) groups is 2. The lowest BCUT2D eigenvalue weighted by Gasteiger charge is -2.50. The minimum absolute atomic E-state index is 0.0155. The molecule has 144 valence electrons. The number of esters is 2. The first-order valence-electron chi connectivity index (χ1n) is 10.1. The Morgan fingerprint density at radius 3 is 2.50 bits per heavy atom. The molecule has 0 amide bonds. The number of rotatable bonds is 2. The molecule has 4 aliphatic rings. The van der Waals surface area contributed by atoms with Crippen molar-refractivity contribution in [1.82, 2.24) is 0 Å². The smallest absolute Gasteiger partial charge is 0.311 e. The summed E-state index contributed by atoms with van der Waals surface area (Å²) in [7, 11) is 2.96. The Hall–Kier alpha value is -1.32. The predicted octanol–water partition coefficient (Wildman–Crippen LogP) is 4.14. The van der Waals surface area contributed by atoms with Crippen molar-refractivity contribution in [3.05, 3.63) is 12.2 Å². The Kier molecular flexibility index (Phi) is 3.88. The van der Waals surface area contributed by atoms with Gasteiger partial charge in [-0.15, -0.1) is 0 Å². The van der Waals surface area contributed by atoms with Crippen LogP contribution < -0.4 is 0 Å². The molecule has 4 rings (SSSR count). The first-order valence-corrected chi connectivity index (χ1v) is 10.1. The van der Waals surface area contributed by atoms with E-state index in [0.29, 0.717) is 11.8 Å². The summed E-state index contributed by atoms with van der Waals surface area (Å²) in [6, 6.07) is 0. The SMILES string of the molecule is C=C1C[C@]23C[C@H]1CC[C@H]2[C@]1(C)CCC[C@](C)(C(=O)OC)[C@H]1[C@@H]3C(=O)OC. The van der Waals surface area contributed by atoms with Gasteiger partial charge in [-0.05, 0) is 74.0 Å². The first kappa shape index (κ1) is 18.1. The lowest BCUT2D eigenvalue weighted by Crippen LogP contribution is -2.51. The molecule has 0 heterocycles. The van der Waals surface area contributed by atoms with Crippen LogP contribution in [0.3, 0.4) is 0 Å². The molecule has 0 radical (unpaired) electrons. The summed E-state index contributed by atoms with van der Waals surface area (Å²) in [4.78, 5) is 26.1. The molecule has 1 spiro atoms. The number of fused-ring (bicyclic) bond motifs is 3. The van der Waals surface area contributed by atoms with E-state index < -0.39 is 5.41 Å². The Bertz CT molecular complexity index is 669. The average molecular weight is 360 g/mol. The molecule has 0 unspecified atom stereocenters. The van der Waals surface area contributed by atoms with Gasteiger partial charge in [-0.3, -0.25) is 9.59 Å². The number of hydrogen-bond acceptors (Lipinski definition) is 4. The van der Waals surface area contributed by atoms with E-state index >= 15 is 0 Å². The van der Waals surface area contributed by atoms with E-state index in [1.165, 1.54) is 26.2 Å². The highest BCUT2D eigenvalue weighted by Gasteiger charge is 2.75. The molecule has 4 aliphatic carbocycles. The van der Waals surface area contributed by atoms with Gasteiger partial charge in [0.2, 0.25) is 0 Å². The van der Waals surface area contributed by atoms with Crippen molar-refractivity contribution < 1.29 is 19.1 Å². The van der Waals surface area contributed by atoms with Crippen molar-refractivity contribution >= 4 is 11.9 Å². The Morgan fingerprint density at radius 1 is 1.12 bits per heavy atom. The fraction of sp³-hybridized carbons (Fsp3) is 0.818. The van der Waals surface area contributed by atoms with Crippen LogP contribution in [0.15, 0.2) is 12.2 Å². The van der Waals surface area contributed by atoms with E-state index in [2.05, 4.69) is 13.5 Å². The number of allylic oxidation sites excluding steroid dienone is 1. The Labute approximate surface area is 156 Å². The molecule has 26 heavy (non-hydrogen) atoms. The van der Waals surface area contributed by atoms with Crippen molar-refractivity contribution in [3.63, 3.8) is 0 Å². The van der Waals surface area contributed by atoms with Crippen molar-refractivity contribution in [2.45, 2.75) is 58.8 Å². The second-order valence-electron chi connectivity index (χ2n) is 9.85. The van der Waals surface area contributed by atoms with Gasteiger partial charge in [0.15, 0.2) is 0 Å². The number of ether oxygens (including phenoxy) is 2. The van der Waals surface area contributed by atoms with Crippen LogP contribution in [0.4, 0.5) is 0 Å².